The van der Waals surface area contributed by atoms with Gasteiger partial charge in [-0.2, -0.15) is 0 Å². The Morgan fingerprint density at radius 2 is 1.88 bits per heavy atom. The van der Waals surface area contributed by atoms with E-state index in [0.717, 1.165) is 11.6 Å². The molecule has 11 heteroatoms. The van der Waals surface area contributed by atoms with Crippen LogP contribution in [0.25, 0.3) is 0 Å². The molecule has 3 aromatic rings. The predicted octanol–water partition coefficient (Wildman–Crippen LogP) is 1.20. The van der Waals surface area contributed by atoms with Crippen molar-refractivity contribution in [1.29, 1.82) is 0 Å². The molecule has 166 valence electrons. The molecular weight excluding hydrogens is 416 g/mol. The van der Waals surface area contributed by atoms with E-state index in [0.29, 0.717) is 0 Å². The first-order valence-corrected chi connectivity index (χ1v) is 9.71. The maximum absolute atomic E-state index is 12.6. The number of benzene rings is 2. The van der Waals surface area contributed by atoms with Crippen molar-refractivity contribution in [2.75, 3.05) is 17.2 Å². The Morgan fingerprint density at radius 1 is 1.19 bits per heavy atom. The number of hydrogen-bond acceptors (Lipinski definition) is 7. The fraction of sp³-hybridized carbons (Fsp3) is 0.190. The zero-order valence-electron chi connectivity index (χ0n) is 17.3. The van der Waals surface area contributed by atoms with Crippen LogP contribution in [0.1, 0.15) is 28.4 Å². The van der Waals surface area contributed by atoms with E-state index >= 15 is 0 Å². The molecule has 5 N–H and O–H groups in total. The predicted molar refractivity (Wildman–Crippen MR) is 120 cm³/mol. The fourth-order valence-electron chi connectivity index (χ4n) is 3.38. The van der Waals surface area contributed by atoms with Gasteiger partial charge in [0.15, 0.2) is 0 Å². The summed E-state index contributed by atoms with van der Waals surface area (Å²) in [5.74, 6) is -0.846. The number of nitro benzene ring substituents is 1. The number of primary amides is 1. The minimum atomic E-state index is -0.791. The number of H-pyrrole nitrogens is 1. The molecular formula is C21H22N6O5. The van der Waals surface area contributed by atoms with Crippen LogP contribution in [0.5, 0.6) is 0 Å². The molecule has 0 atom stereocenters. The highest BCUT2D eigenvalue weighted by atomic mass is 16.6. The molecule has 1 aromatic heterocycles. The second-order valence-corrected chi connectivity index (χ2v) is 7.04. The van der Waals surface area contributed by atoms with Crippen molar-refractivity contribution in [1.82, 2.24) is 9.55 Å². The van der Waals surface area contributed by atoms with E-state index in [1.54, 1.807) is 6.92 Å². The van der Waals surface area contributed by atoms with Crippen molar-refractivity contribution < 1.29 is 9.72 Å². The molecule has 3 rings (SSSR count). The van der Waals surface area contributed by atoms with E-state index in [4.69, 9.17) is 11.5 Å². The largest absolute Gasteiger partial charge is 0.383 e. The molecule has 0 bridgehead atoms. The second kappa shape index (κ2) is 9.16. The number of rotatable bonds is 8. The smallest absolute Gasteiger partial charge is 0.330 e. The summed E-state index contributed by atoms with van der Waals surface area (Å²) in [6, 6.07) is 13.0. The first kappa shape index (κ1) is 22.3. The van der Waals surface area contributed by atoms with Crippen LogP contribution in [0.3, 0.4) is 0 Å². The van der Waals surface area contributed by atoms with Crippen molar-refractivity contribution >= 4 is 23.1 Å². The van der Waals surface area contributed by atoms with Gasteiger partial charge in [0.1, 0.15) is 11.5 Å². The van der Waals surface area contributed by atoms with Gasteiger partial charge in [0.25, 0.3) is 11.2 Å². The number of hydrogen-bond donors (Lipinski definition) is 3. The summed E-state index contributed by atoms with van der Waals surface area (Å²) in [4.78, 5) is 51.1. The summed E-state index contributed by atoms with van der Waals surface area (Å²) in [5, 5.41) is 11.5. The minimum Gasteiger partial charge on any atom is -0.383 e. The molecule has 0 aliphatic carbocycles. The van der Waals surface area contributed by atoms with Gasteiger partial charge in [-0.15, -0.1) is 0 Å². The molecule has 0 radical (unpaired) electrons. The molecule has 0 aliphatic heterocycles. The Bertz CT molecular complexity index is 1280. The van der Waals surface area contributed by atoms with Gasteiger partial charge in [0.05, 0.1) is 18.0 Å². The Balaban J connectivity index is 2.06. The number of nitro groups is 1. The zero-order chi connectivity index (χ0) is 23.4. The van der Waals surface area contributed by atoms with Gasteiger partial charge in [-0.05, 0) is 24.6 Å². The lowest BCUT2D eigenvalue weighted by molar-refractivity contribution is -0.385. The number of nitrogens with two attached hydrogens (primary N) is 2. The highest BCUT2D eigenvalue weighted by molar-refractivity contribution is 5.93. The summed E-state index contributed by atoms with van der Waals surface area (Å²) in [6.07, 6.45) is 0. The van der Waals surface area contributed by atoms with Crippen LogP contribution >= 0.6 is 0 Å². The van der Waals surface area contributed by atoms with E-state index in [1.165, 1.54) is 21.6 Å². The second-order valence-electron chi connectivity index (χ2n) is 7.04. The van der Waals surface area contributed by atoms with Gasteiger partial charge >= 0.3 is 5.69 Å². The normalized spacial score (nSPS) is 10.7. The van der Waals surface area contributed by atoms with Crippen LogP contribution in [0.2, 0.25) is 0 Å². The lowest BCUT2D eigenvalue weighted by Crippen LogP contribution is -2.38. The SMILES string of the molecule is CCN(Cc1ccc(C(N)=O)cc1[N+](=O)[O-])c1c(N)n(Cc2ccccc2)c(=O)[nH]c1=O. The summed E-state index contributed by atoms with van der Waals surface area (Å²) in [7, 11) is 0. The van der Waals surface area contributed by atoms with Crippen molar-refractivity contribution in [2.24, 2.45) is 5.73 Å². The maximum atomic E-state index is 12.6. The van der Waals surface area contributed by atoms with E-state index < -0.39 is 22.1 Å². The fourth-order valence-corrected chi connectivity index (χ4v) is 3.38. The molecule has 0 saturated heterocycles. The molecule has 11 nitrogen and oxygen atoms in total. The Hall–Kier alpha value is -4.41. The van der Waals surface area contributed by atoms with Gasteiger partial charge in [0.2, 0.25) is 5.91 Å². The average Bonchev–Trinajstić information content (AvgIpc) is 2.76. The first-order chi connectivity index (χ1) is 15.2. The van der Waals surface area contributed by atoms with Crippen molar-refractivity contribution in [3.63, 3.8) is 0 Å². The number of carbonyl (C=O) groups excluding carboxylic acids is 1. The van der Waals surface area contributed by atoms with Crippen LogP contribution in [-0.4, -0.2) is 26.9 Å². The number of nitrogens with zero attached hydrogens (tertiary/aromatic N) is 3. The number of nitrogens with one attached hydrogen (secondary N) is 1. The van der Waals surface area contributed by atoms with E-state index in [9.17, 15) is 24.5 Å². The third kappa shape index (κ3) is 4.51. The lowest BCUT2D eigenvalue weighted by Gasteiger charge is -2.25. The van der Waals surface area contributed by atoms with E-state index in [2.05, 4.69) is 4.98 Å². The van der Waals surface area contributed by atoms with Gasteiger partial charge in [0, 0.05) is 23.7 Å². The summed E-state index contributed by atoms with van der Waals surface area (Å²) >= 11 is 0. The monoisotopic (exact) mass is 438 g/mol. The molecule has 0 saturated carbocycles. The van der Waals surface area contributed by atoms with Crippen LogP contribution < -0.4 is 27.6 Å². The van der Waals surface area contributed by atoms with Gasteiger partial charge in [-0.3, -0.25) is 29.3 Å². The number of carbonyl (C=O) groups is 1. The van der Waals surface area contributed by atoms with Crippen molar-refractivity contribution in [3.05, 3.63) is 96.2 Å². The molecule has 1 amide bonds. The number of aromatic nitrogens is 2. The number of aromatic amines is 1. The number of anilines is 2. The van der Waals surface area contributed by atoms with Crippen LogP contribution in [0.4, 0.5) is 17.2 Å². The van der Waals surface area contributed by atoms with Gasteiger partial charge in [-0.25, -0.2) is 4.79 Å². The highest BCUT2D eigenvalue weighted by Crippen LogP contribution is 2.25. The van der Waals surface area contributed by atoms with Crippen LogP contribution in [0, 0.1) is 10.1 Å². The van der Waals surface area contributed by atoms with E-state index in [-0.39, 0.29) is 48.0 Å². The van der Waals surface area contributed by atoms with Crippen molar-refractivity contribution in [2.45, 2.75) is 20.0 Å². The number of nitrogen functional groups attached to an aromatic ring is 1. The third-order valence-corrected chi connectivity index (χ3v) is 5.02. The molecule has 2 aromatic carbocycles. The molecule has 0 fully saturated rings. The topological polar surface area (TPSA) is 170 Å². The third-order valence-electron chi connectivity index (χ3n) is 5.02. The van der Waals surface area contributed by atoms with Crippen molar-refractivity contribution in [3.8, 4) is 0 Å². The highest BCUT2D eigenvalue weighted by Gasteiger charge is 2.23. The summed E-state index contributed by atoms with van der Waals surface area (Å²) in [6.45, 7) is 2.10. The van der Waals surface area contributed by atoms with Gasteiger partial charge < -0.3 is 16.4 Å². The minimum absolute atomic E-state index is 0.00253. The Kier molecular flexibility index (Phi) is 6.38. The standard InChI is InChI=1S/C21H22N6O5/c1-2-25(12-15-9-8-14(19(23)28)10-16(15)27(31)32)17-18(22)26(21(30)24-20(17)29)11-13-6-4-3-5-7-13/h3-10H,2,11-12,22H2,1H3,(H2,23,28)(H,24,29,30). The van der Waals surface area contributed by atoms with Crippen LogP contribution in [-0.2, 0) is 13.1 Å². The molecule has 0 aliphatic rings. The number of amides is 1. The first-order valence-electron chi connectivity index (χ1n) is 9.71. The zero-order valence-corrected chi connectivity index (χ0v) is 17.3. The van der Waals surface area contributed by atoms with Crippen LogP contribution in [0.15, 0.2) is 58.1 Å². The Morgan fingerprint density at radius 3 is 2.47 bits per heavy atom. The maximum Gasteiger partial charge on any atom is 0.330 e. The quantitative estimate of drug-likeness (QED) is 0.350. The Labute approximate surface area is 182 Å². The lowest BCUT2D eigenvalue weighted by atomic mass is 10.1. The van der Waals surface area contributed by atoms with E-state index in [1.807, 2.05) is 30.3 Å². The molecule has 0 unspecified atom stereocenters. The summed E-state index contributed by atoms with van der Waals surface area (Å²) < 4.78 is 1.24. The molecule has 1 heterocycles. The molecule has 0 spiro atoms. The molecule has 32 heavy (non-hydrogen) atoms. The average molecular weight is 438 g/mol. The van der Waals surface area contributed by atoms with Gasteiger partial charge in [-0.1, -0.05) is 30.3 Å². The summed E-state index contributed by atoms with van der Waals surface area (Å²) in [5.41, 5.74) is 10.9.